The summed E-state index contributed by atoms with van der Waals surface area (Å²) in [5, 5.41) is 12.3. The molecule has 2 N–H and O–H groups in total. The maximum atomic E-state index is 13.1. The Hall–Kier alpha value is -3.33. The van der Waals surface area contributed by atoms with Crippen LogP contribution >= 0.6 is 0 Å². The van der Waals surface area contributed by atoms with Gasteiger partial charge in [0.25, 0.3) is 0 Å². The summed E-state index contributed by atoms with van der Waals surface area (Å²) in [5.41, 5.74) is 1.61. The van der Waals surface area contributed by atoms with Crippen molar-refractivity contribution in [2.24, 2.45) is 0 Å². The van der Waals surface area contributed by atoms with E-state index < -0.39 is 12.6 Å². The van der Waals surface area contributed by atoms with Crippen molar-refractivity contribution in [3.8, 4) is 11.5 Å². The van der Waals surface area contributed by atoms with Gasteiger partial charge in [-0.3, -0.25) is 9.59 Å². The third-order valence-electron chi connectivity index (χ3n) is 5.40. The van der Waals surface area contributed by atoms with Crippen LogP contribution in [0.4, 0.5) is 10.1 Å². The van der Waals surface area contributed by atoms with Crippen LogP contribution in [-0.4, -0.2) is 67.4 Å². The summed E-state index contributed by atoms with van der Waals surface area (Å²) in [4.78, 5) is 28.9. The largest absolute Gasteiger partial charge is 0.454 e. The van der Waals surface area contributed by atoms with Gasteiger partial charge in [-0.2, -0.15) is 0 Å². The predicted molar refractivity (Wildman–Crippen MR) is 110 cm³/mol. The molecule has 0 radical (unpaired) electrons. The van der Waals surface area contributed by atoms with Crippen LogP contribution < -0.4 is 19.7 Å². The molecule has 164 valence electrons. The summed E-state index contributed by atoms with van der Waals surface area (Å²) in [6, 6.07) is 10.5. The first-order valence-electron chi connectivity index (χ1n) is 10.1. The van der Waals surface area contributed by atoms with Gasteiger partial charge in [0.15, 0.2) is 11.5 Å². The van der Waals surface area contributed by atoms with Gasteiger partial charge in [-0.25, -0.2) is 4.39 Å². The van der Waals surface area contributed by atoms with E-state index in [4.69, 9.17) is 9.47 Å². The second-order valence-electron chi connectivity index (χ2n) is 7.46. The molecule has 2 heterocycles. The maximum Gasteiger partial charge on any atom is 0.247 e. The molecule has 0 aliphatic carbocycles. The Morgan fingerprint density at radius 2 is 1.74 bits per heavy atom. The average Bonchev–Trinajstić information content (AvgIpc) is 3.25. The van der Waals surface area contributed by atoms with E-state index in [0.29, 0.717) is 37.7 Å². The highest BCUT2D eigenvalue weighted by atomic mass is 19.1. The van der Waals surface area contributed by atoms with Crippen molar-refractivity contribution < 1.29 is 28.6 Å². The fourth-order valence-electron chi connectivity index (χ4n) is 3.72. The second kappa shape index (κ2) is 9.22. The molecule has 1 atom stereocenters. The number of aliphatic hydroxyl groups excluding tert-OH is 1. The van der Waals surface area contributed by atoms with E-state index in [1.165, 1.54) is 12.1 Å². The minimum atomic E-state index is -1.00. The Morgan fingerprint density at radius 3 is 2.45 bits per heavy atom. The van der Waals surface area contributed by atoms with Gasteiger partial charge in [0.05, 0.1) is 13.0 Å². The standard InChI is InChI=1S/C22H24FN3O5/c23-16-2-4-17(5-3-16)25-7-9-26(10-8-25)22(29)18(13-27)24-21(28)12-15-1-6-19-20(11-15)31-14-30-19/h1-6,11,18,27H,7-10,12-14H2,(H,24,28)/t18-/m0/s1. The number of benzene rings is 2. The lowest BCUT2D eigenvalue weighted by Gasteiger charge is -2.37. The van der Waals surface area contributed by atoms with Gasteiger partial charge in [0.2, 0.25) is 18.6 Å². The molecule has 31 heavy (non-hydrogen) atoms. The fraction of sp³-hybridized carbons (Fsp3) is 0.364. The first-order valence-corrected chi connectivity index (χ1v) is 10.1. The summed E-state index contributed by atoms with van der Waals surface area (Å²) in [7, 11) is 0. The third kappa shape index (κ3) is 4.88. The van der Waals surface area contributed by atoms with Crippen molar-refractivity contribution in [2.45, 2.75) is 12.5 Å². The first-order chi connectivity index (χ1) is 15.0. The quantitative estimate of drug-likeness (QED) is 0.710. The zero-order chi connectivity index (χ0) is 21.8. The number of rotatable bonds is 6. The van der Waals surface area contributed by atoms with Crippen LogP contribution in [0.25, 0.3) is 0 Å². The Labute approximate surface area is 179 Å². The van der Waals surface area contributed by atoms with E-state index in [1.54, 1.807) is 35.2 Å². The van der Waals surface area contributed by atoms with Crippen LogP contribution in [0.15, 0.2) is 42.5 Å². The molecule has 0 spiro atoms. The van der Waals surface area contributed by atoms with Crippen molar-refractivity contribution in [3.63, 3.8) is 0 Å². The molecule has 9 heteroatoms. The normalized spacial score (nSPS) is 16.2. The Kier molecular flexibility index (Phi) is 6.22. The van der Waals surface area contributed by atoms with E-state index >= 15 is 0 Å². The highest BCUT2D eigenvalue weighted by Crippen LogP contribution is 2.32. The van der Waals surface area contributed by atoms with Crippen LogP contribution in [0, 0.1) is 5.82 Å². The predicted octanol–water partition coefficient (Wildman–Crippen LogP) is 0.923. The number of carbonyl (C=O) groups is 2. The highest BCUT2D eigenvalue weighted by Gasteiger charge is 2.28. The molecule has 2 aromatic rings. The number of carbonyl (C=O) groups excluding carboxylic acids is 2. The lowest BCUT2D eigenvalue weighted by Crippen LogP contribution is -2.56. The SMILES string of the molecule is O=C(Cc1ccc2c(c1)OCO2)N[C@@H](CO)C(=O)N1CCN(c2ccc(F)cc2)CC1. The molecule has 8 nitrogen and oxygen atoms in total. The van der Waals surface area contributed by atoms with Gasteiger partial charge in [0, 0.05) is 31.9 Å². The number of hydrogen-bond acceptors (Lipinski definition) is 6. The topological polar surface area (TPSA) is 91.3 Å². The molecule has 0 bridgehead atoms. The van der Waals surface area contributed by atoms with Crippen LogP contribution in [0.1, 0.15) is 5.56 Å². The lowest BCUT2D eigenvalue weighted by molar-refractivity contribution is -0.137. The van der Waals surface area contributed by atoms with Crippen LogP contribution in [-0.2, 0) is 16.0 Å². The molecule has 2 amide bonds. The molecule has 2 aliphatic rings. The number of nitrogens with one attached hydrogen (secondary N) is 1. The van der Waals surface area contributed by atoms with Gasteiger partial charge in [-0.05, 0) is 42.0 Å². The van der Waals surface area contributed by atoms with Crippen molar-refractivity contribution in [1.29, 1.82) is 0 Å². The lowest BCUT2D eigenvalue weighted by atomic mass is 10.1. The molecule has 0 saturated carbocycles. The maximum absolute atomic E-state index is 13.1. The Morgan fingerprint density at radius 1 is 1.03 bits per heavy atom. The number of anilines is 1. The van der Waals surface area contributed by atoms with Gasteiger partial charge < -0.3 is 29.7 Å². The van der Waals surface area contributed by atoms with Crippen molar-refractivity contribution in [3.05, 3.63) is 53.8 Å². The van der Waals surface area contributed by atoms with Crippen molar-refractivity contribution in [1.82, 2.24) is 10.2 Å². The van der Waals surface area contributed by atoms with Crippen molar-refractivity contribution in [2.75, 3.05) is 44.5 Å². The summed E-state index contributed by atoms with van der Waals surface area (Å²) in [5.74, 6) is 0.239. The van der Waals surface area contributed by atoms with E-state index in [0.717, 1.165) is 11.3 Å². The number of piperazine rings is 1. The Balaban J connectivity index is 1.30. The van der Waals surface area contributed by atoms with Gasteiger partial charge >= 0.3 is 0 Å². The summed E-state index contributed by atoms with van der Waals surface area (Å²) in [6.07, 6.45) is 0.0543. The minimum Gasteiger partial charge on any atom is -0.454 e. The number of hydrogen-bond donors (Lipinski definition) is 2. The summed E-state index contributed by atoms with van der Waals surface area (Å²) < 4.78 is 23.7. The molecular weight excluding hydrogens is 405 g/mol. The van der Waals surface area contributed by atoms with Crippen LogP contribution in [0.2, 0.25) is 0 Å². The minimum absolute atomic E-state index is 0.0543. The van der Waals surface area contributed by atoms with Crippen LogP contribution in [0.3, 0.4) is 0 Å². The number of nitrogens with zero attached hydrogens (tertiary/aromatic N) is 2. The number of fused-ring (bicyclic) bond motifs is 1. The monoisotopic (exact) mass is 429 g/mol. The molecule has 0 unspecified atom stereocenters. The van der Waals surface area contributed by atoms with Crippen molar-refractivity contribution >= 4 is 17.5 Å². The summed E-state index contributed by atoms with van der Waals surface area (Å²) >= 11 is 0. The number of aliphatic hydroxyl groups is 1. The van der Waals surface area contributed by atoms with E-state index in [9.17, 15) is 19.1 Å². The third-order valence-corrected chi connectivity index (χ3v) is 5.40. The molecule has 1 fully saturated rings. The first kappa shape index (κ1) is 20.9. The molecule has 4 rings (SSSR count). The van der Waals surface area contributed by atoms with E-state index in [1.807, 2.05) is 0 Å². The zero-order valence-electron chi connectivity index (χ0n) is 16.9. The van der Waals surface area contributed by atoms with Gasteiger partial charge in [0.1, 0.15) is 11.9 Å². The van der Waals surface area contributed by atoms with Crippen LogP contribution in [0.5, 0.6) is 11.5 Å². The number of amides is 2. The molecule has 2 aliphatic heterocycles. The second-order valence-corrected chi connectivity index (χ2v) is 7.46. The average molecular weight is 429 g/mol. The molecule has 2 aromatic carbocycles. The molecule has 0 aromatic heterocycles. The highest BCUT2D eigenvalue weighted by molar-refractivity contribution is 5.88. The number of ether oxygens (including phenoxy) is 2. The molecular formula is C22H24FN3O5. The Bertz CT molecular complexity index is 945. The molecule has 1 saturated heterocycles. The van der Waals surface area contributed by atoms with E-state index in [2.05, 4.69) is 10.2 Å². The van der Waals surface area contributed by atoms with Gasteiger partial charge in [-0.15, -0.1) is 0 Å². The summed E-state index contributed by atoms with van der Waals surface area (Å²) in [6.45, 7) is 1.74. The van der Waals surface area contributed by atoms with E-state index in [-0.39, 0.29) is 30.8 Å². The number of halogens is 1. The fourth-order valence-corrected chi connectivity index (χ4v) is 3.72. The smallest absolute Gasteiger partial charge is 0.247 e. The zero-order valence-corrected chi connectivity index (χ0v) is 16.9. The van der Waals surface area contributed by atoms with Gasteiger partial charge in [-0.1, -0.05) is 6.07 Å².